The zero-order valence-electron chi connectivity index (χ0n) is 7.91. The van der Waals surface area contributed by atoms with Crippen LogP contribution in [0.4, 0.5) is 0 Å². The van der Waals surface area contributed by atoms with Crippen LogP contribution in [0, 0.1) is 37.2 Å². The standard InChI is InChI=1S/C8H19N2.U/c1-4-10-7-5-6-8(2)9-3;/h9-10H,4-7H2,1-3H3;/q-1;/p+1. The van der Waals surface area contributed by atoms with Crippen molar-refractivity contribution >= 4 is 0 Å². The molecule has 0 aliphatic heterocycles. The molecule has 0 aromatic rings. The first kappa shape index (κ1) is 14.5. The molecule has 0 atom stereocenters. The van der Waals surface area contributed by atoms with Gasteiger partial charge < -0.3 is 10.6 Å². The minimum absolute atomic E-state index is 0. The number of quaternary nitrogens is 1. The molecule has 0 unspecified atom stereocenters. The molecule has 0 saturated carbocycles. The van der Waals surface area contributed by atoms with E-state index in [9.17, 15) is 0 Å². The van der Waals surface area contributed by atoms with Crippen LogP contribution in [0.15, 0.2) is 0 Å². The van der Waals surface area contributed by atoms with Crippen LogP contribution in [0.1, 0.15) is 26.7 Å². The molecule has 66 valence electrons. The molecular formula is C8H20N2U. The number of hydrogen-bond acceptors (Lipinski definition) is 1. The third-order valence-corrected chi connectivity index (χ3v) is 1.68. The van der Waals surface area contributed by atoms with Crippen molar-refractivity contribution < 1.29 is 36.4 Å². The van der Waals surface area contributed by atoms with Gasteiger partial charge in [-0.3, -0.25) is 6.04 Å². The Bertz CT molecular complexity index is 69.1. The van der Waals surface area contributed by atoms with Crippen molar-refractivity contribution in [2.45, 2.75) is 26.7 Å². The van der Waals surface area contributed by atoms with Gasteiger partial charge in [0.15, 0.2) is 0 Å². The molecule has 0 aromatic heterocycles. The van der Waals surface area contributed by atoms with E-state index in [0.717, 1.165) is 0 Å². The summed E-state index contributed by atoms with van der Waals surface area (Å²) in [6, 6.07) is 1.39. The molecule has 0 aliphatic rings. The summed E-state index contributed by atoms with van der Waals surface area (Å²) < 4.78 is 0. The van der Waals surface area contributed by atoms with Crippen LogP contribution >= 0.6 is 0 Å². The first-order valence-electron chi connectivity index (χ1n) is 4.13. The van der Waals surface area contributed by atoms with Gasteiger partial charge in [0.25, 0.3) is 0 Å². The maximum absolute atomic E-state index is 3.14. The summed E-state index contributed by atoms with van der Waals surface area (Å²) >= 11 is 0. The van der Waals surface area contributed by atoms with E-state index in [1.165, 1.54) is 32.0 Å². The summed E-state index contributed by atoms with van der Waals surface area (Å²) in [7, 11) is 1.98. The van der Waals surface area contributed by atoms with Gasteiger partial charge in [-0.2, -0.15) is 13.3 Å². The first-order valence-corrected chi connectivity index (χ1v) is 4.13. The average Bonchev–Trinajstić information content (AvgIpc) is 1.98. The molecule has 0 aromatic carbocycles. The monoisotopic (exact) mass is 382 g/mol. The Kier molecular flexibility index (Phi) is 14.5. The normalized spacial score (nSPS) is 9.82. The topological polar surface area (TPSA) is 28.6 Å². The summed E-state index contributed by atoms with van der Waals surface area (Å²) in [5, 5.41) is 5.48. The summed E-state index contributed by atoms with van der Waals surface area (Å²) in [6.45, 7) is 6.80. The fourth-order valence-corrected chi connectivity index (χ4v) is 0.841. The molecule has 0 spiro atoms. The van der Waals surface area contributed by atoms with Crippen LogP contribution in [-0.2, 0) is 0 Å². The van der Waals surface area contributed by atoms with Crippen molar-refractivity contribution in [2.75, 3.05) is 20.1 Å². The van der Waals surface area contributed by atoms with E-state index in [1.54, 1.807) is 0 Å². The Hall–Kier alpha value is 0.972. The molecule has 0 rings (SSSR count). The van der Waals surface area contributed by atoms with Crippen LogP contribution in [0.2, 0.25) is 0 Å². The Morgan fingerprint density at radius 1 is 1.45 bits per heavy atom. The van der Waals surface area contributed by atoms with Crippen molar-refractivity contribution in [2.24, 2.45) is 0 Å². The molecule has 0 amide bonds. The van der Waals surface area contributed by atoms with Gasteiger partial charge in [0.05, 0.1) is 13.1 Å². The molecule has 3 heteroatoms. The van der Waals surface area contributed by atoms with Gasteiger partial charge in [-0.1, -0.05) is 0 Å². The smallest absolute Gasteiger partial charge is 0.0731 e. The van der Waals surface area contributed by atoms with Crippen LogP contribution in [0.25, 0.3) is 0 Å². The van der Waals surface area contributed by atoms with E-state index in [-0.39, 0.29) is 31.1 Å². The van der Waals surface area contributed by atoms with Gasteiger partial charge in [0.1, 0.15) is 0 Å². The number of rotatable bonds is 6. The van der Waals surface area contributed by atoms with Crippen LogP contribution in [-0.4, -0.2) is 20.1 Å². The van der Waals surface area contributed by atoms with Gasteiger partial charge in [0.2, 0.25) is 0 Å². The van der Waals surface area contributed by atoms with E-state index >= 15 is 0 Å². The molecular weight excluding hydrogens is 362 g/mol. The second-order valence-electron chi connectivity index (χ2n) is 2.62. The molecule has 0 radical (unpaired) electrons. The van der Waals surface area contributed by atoms with Crippen molar-refractivity contribution in [3.8, 4) is 0 Å². The predicted octanol–water partition coefficient (Wildman–Crippen LogP) is 0.121. The minimum Gasteiger partial charge on any atom is -0.470 e. The second kappa shape index (κ2) is 11.0. The van der Waals surface area contributed by atoms with Crippen LogP contribution in [0.5, 0.6) is 0 Å². The number of hydrogen-bond donors (Lipinski definition) is 2. The van der Waals surface area contributed by atoms with Crippen molar-refractivity contribution in [1.29, 1.82) is 0 Å². The van der Waals surface area contributed by atoms with Crippen LogP contribution < -0.4 is 10.6 Å². The third kappa shape index (κ3) is 11.0. The molecule has 0 aliphatic carbocycles. The molecule has 0 bridgehead atoms. The summed E-state index contributed by atoms with van der Waals surface area (Å²) in [6.07, 6.45) is 2.51. The predicted molar refractivity (Wildman–Crippen MR) is 44.5 cm³/mol. The summed E-state index contributed by atoms with van der Waals surface area (Å²) in [5.74, 6) is 0. The van der Waals surface area contributed by atoms with Crippen molar-refractivity contribution in [3.63, 3.8) is 0 Å². The quantitative estimate of drug-likeness (QED) is 0.496. The van der Waals surface area contributed by atoms with Gasteiger partial charge in [-0.05, 0) is 20.4 Å². The molecule has 0 saturated heterocycles. The Balaban J connectivity index is 0. The van der Waals surface area contributed by atoms with E-state index in [1.807, 2.05) is 7.05 Å². The van der Waals surface area contributed by atoms with E-state index in [0.29, 0.717) is 0 Å². The largest absolute Gasteiger partial charge is 0.470 e. The fourth-order valence-electron chi connectivity index (χ4n) is 0.841. The molecule has 3 N–H and O–H groups in total. The molecule has 2 nitrogen and oxygen atoms in total. The van der Waals surface area contributed by atoms with Gasteiger partial charge >= 0.3 is 0 Å². The van der Waals surface area contributed by atoms with Crippen LogP contribution in [0.3, 0.4) is 0 Å². The Morgan fingerprint density at radius 2 is 2.09 bits per heavy atom. The average molecular weight is 382 g/mol. The van der Waals surface area contributed by atoms with Gasteiger partial charge in [0, 0.05) is 31.1 Å². The SMILES string of the molecule is CC[NH2+]CCC[C-](C)NC.[U]. The van der Waals surface area contributed by atoms with E-state index < -0.39 is 0 Å². The second-order valence-corrected chi connectivity index (χ2v) is 2.62. The number of nitrogens with one attached hydrogen (secondary N) is 1. The van der Waals surface area contributed by atoms with Gasteiger partial charge in [-0.25, -0.2) is 0 Å². The summed E-state index contributed by atoms with van der Waals surface area (Å²) in [5.41, 5.74) is 0. The van der Waals surface area contributed by atoms with E-state index in [2.05, 4.69) is 24.5 Å². The number of nitrogens with two attached hydrogens (primary N) is 1. The van der Waals surface area contributed by atoms with Gasteiger partial charge in [-0.15, -0.1) is 0 Å². The first-order chi connectivity index (χ1) is 4.81. The zero-order chi connectivity index (χ0) is 7.82. The minimum atomic E-state index is 0. The maximum atomic E-state index is 3.14. The summed E-state index contributed by atoms with van der Waals surface area (Å²) in [4.78, 5) is 0. The maximum Gasteiger partial charge on any atom is 0.0731 e. The van der Waals surface area contributed by atoms with Crippen molar-refractivity contribution in [1.82, 2.24) is 5.32 Å². The zero-order valence-corrected chi connectivity index (χ0v) is 12.1. The molecule has 0 heterocycles. The third-order valence-electron chi connectivity index (χ3n) is 1.68. The fraction of sp³-hybridized carbons (Fsp3) is 0.875. The Labute approximate surface area is 94.3 Å². The molecule has 0 fully saturated rings. The van der Waals surface area contributed by atoms with Crippen molar-refractivity contribution in [3.05, 3.63) is 6.04 Å². The molecule has 11 heavy (non-hydrogen) atoms. The Morgan fingerprint density at radius 3 is 2.55 bits per heavy atom. The van der Waals surface area contributed by atoms with E-state index in [4.69, 9.17) is 0 Å².